The van der Waals surface area contributed by atoms with E-state index in [0.29, 0.717) is 0 Å². The summed E-state index contributed by atoms with van der Waals surface area (Å²) >= 11 is 0. The molecular weight excluding hydrogens is 160 g/mol. The average Bonchev–Trinajstić information content (AvgIpc) is 2.04. The quantitative estimate of drug-likeness (QED) is 0.617. The average molecular weight is 186 g/mol. The molecule has 13 heavy (non-hydrogen) atoms. The third-order valence-corrected chi connectivity index (χ3v) is 2.39. The van der Waals surface area contributed by atoms with Crippen molar-refractivity contribution in [2.45, 2.75) is 40.0 Å². The predicted octanol–water partition coefficient (Wildman–Crippen LogP) is 2.09. The second kappa shape index (κ2) is 6.39. The van der Waals surface area contributed by atoms with Gasteiger partial charge >= 0.3 is 0 Å². The molecule has 2 N–H and O–H groups in total. The van der Waals surface area contributed by atoms with Crippen LogP contribution in [0.2, 0.25) is 0 Å². The lowest BCUT2D eigenvalue weighted by Gasteiger charge is -2.28. The molecule has 2 heteroatoms. The Balaban J connectivity index is 3.55. The first-order chi connectivity index (χ1) is 6.02. The molecule has 0 bridgehead atoms. The van der Waals surface area contributed by atoms with Crippen LogP contribution in [0.1, 0.15) is 40.0 Å². The lowest BCUT2D eigenvalue weighted by molar-refractivity contribution is 0.213. The molecule has 0 fully saturated rings. The summed E-state index contributed by atoms with van der Waals surface area (Å²) in [6.45, 7) is 9.77. The standard InChI is InChI=1S/C11H26N2/c1-5-6-7-8-13(4)10-11(2,3)9-12/h5-10,12H2,1-4H3. The van der Waals surface area contributed by atoms with Crippen LogP contribution in [0.3, 0.4) is 0 Å². The molecular formula is C11H26N2. The van der Waals surface area contributed by atoms with Crippen molar-refractivity contribution in [2.75, 3.05) is 26.7 Å². The van der Waals surface area contributed by atoms with Crippen molar-refractivity contribution in [3.05, 3.63) is 0 Å². The zero-order chi connectivity index (χ0) is 10.3. The summed E-state index contributed by atoms with van der Waals surface area (Å²) in [5, 5.41) is 0. The van der Waals surface area contributed by atoms with E-state index in [1.54, 1.807) is 0 Å². The Hall–Kier alpha value is -0.0800. The number of nitrogens with two attached hydrogens (primary N) is 1. The zero-order valence-electron chi connectivity index (χ0n) is 9.77. The molecule has 0 aliphatic heterocycles. The van der Waals surface area contributed by atoms with Gasteiger partial charge in [0.05, 0.1) is 0 Å². The Kier molecular flexibility index (Phi) is 6.35. The van der Waals surface area contributed by atoms with E-state index in [2.05, 4.69) is 32.7 Å². The van der Waals surface area contributed by atoms with Gasteiger partial charge in [-0.25, -0.2) is 0 Å². The molecule has 0 unspecified atom stereocenters. The van der Waals surface area contributed by atoms with Gasteiger partial charge in [0.1, 0.15) is 0 Å². The maximum absolute atomic E-state index is 5.68. The molecule has 0 rings (SSSR count). The van der Waals surface area contributed by atoms with Crippen LogP contribution in [0, 0.1) is 5.41 Å². The number of hydrogen-bond donors (Lipinski definition) is 1. The third kappa shape index (κ3) is 7.03. The van der Waals surface area contributed by atoms with Gasteiger partial charge in [-0.2, -0.15) is 0 Å². The Morgan fingerprint density at radius 2 is 1.85 bits per heavy atom. The van der Waals surface area contributed by atoms with Crippen LogP contribution in [-0.2, 0) is 0 Å². The highest BCUT2D eigenvalue weighted by atomic mass is 15.1. The van der Waals surface area contributed by atoms with Gasteiger partial charge in [0, 0.05) is 6.54 Å². The molecule has 0 aliphatic rings. The van der Waals surface area contributed by atoms with Gasteiger partial charge in [0.15, 0.2) is 0 Å². The summed E-state index contributed by atoms with van der Waals surface area (Å²) in [5.41, 5.74) is 5.95. The number of nitrogens with zero attached hydrogens (tertiary/aromatic N) is 1. The smallest absolute Gasteiger partial charge is 0.00417 e. The topological polar surface area (TPSA) is 29.3 Å². The van der Waals surface area contributed by atoms with Crippen LogP contribution in [0.25, 0.3) is 0 Å². The minimum Gasteiger partial charge on any atom is -0.330 e. The Labute approximate surface area is 83.5 Å². The van der Waals surface area contributed by atoms with E-state index in [9.17, 15) is 0 Å². The Morgan fingerprint density at radius 3 is 2.31 bits per heavy atom. The van der Waals surface area contributed by atoms with Crippen molar-refractivity contribution in [3.63, 3.8) is 0 Å². The number of unbranched alkanes of at least 4 members (excludes halogenated alkanes) is 2. The van der Waals surface area contributed by atoms with E-state index < -0.39 is 0 Å². The van der Waals surface area contributed by atoms with Crippen LogP contribution in [-0.4, -0.2) is 31.6 Å². The number of rotatable bonds is 7. The molecule has 0 spiro atoms. The fraction of sp³-hybridized carbons (Fsp3) is 1.00. The minimum absolute atomic E-state index is 0.265. The van der Waals surface area contributed by atoms with E-state index in [-0.39, 0.29) is 5.41 Å². The molecule has 2 nitrogen and oxygen atoms in total. The largest absolute Gasteiger partial charge is 0.330 e. The lowest BCUT2D eigenvalue weighted by atomic mass is 9.93. The van der Waals surface area contributed by atoms with Gasteiger partial charge in [-0.05, 0) is 32.0 Å². The Bertz CT molecular complexity index is 121. The van der Waals surface area contributed by atoms with E-state index in [4.69, 9.17) is 5.73 Å². The maximum atomic E-state index is 5.68. The second-order valence-electron chi connectivity index (χ2n) is 4.81. The summed E-state index contributed by atoms with van der Waals surface area (Å²) in [6.07, 6.45) is 3.95. The predicted molar refractivity (Wildman–Crippen MR) is 59.9 cm³/mol. The van der Waals surface area contributed by atoms with Crippen molar-refractivity contribution < 1.29 is 0 Å². The molecule has 0 amide bonds. The van der Waals surface area contributed by atoms with Crippen molar-refractivity contribution in [3.8, 4) is 0 Å². The van der Waals surface area contributed by atoms with Crippen LogP contribution >= 0.6 is 0 Å². The lowest BCUT2D eigenvalue weighted by Crippen LogP contribution is -2.37. The summed E-state index contributed by atoms with van der Waals surface area (Å²) in [7, 11) is 2.19. The fourth-order valence-corrected chi connectivity index (χ4v) is 1.51. The summed E-state index contributed by atoms with van der Waals surface area (Å²) < 4.78 is 0. The van der Waals surface area contributed by atoms with Gasteiger partial charge in [0.2, 0.25) is 0 Å². The van der Waals surface area contributed by atoms with Gasteiger partial charge < -0.3 is 10.6 Å². The van der Waals surface area contributed by atoms with E-state index in [1.165, 1.54) is 25.8 Å². The highest BCUT2D eigenvalue weighted by molar-refractivity contribution is 4.72. The summed E-state index contributed by atoms with van der Waals surface area (Å²) in [6, 6.07) is 0. The molecule has 0 heterocycles. The summed E-state index contributed by atoms with van der Waals surface area (Å²) in [5.74, 6) is 0. The van der Waals surface area contributed by atoms with Gasteiger partial charge in [0.25, 0.3) is 0 Å². The first kappa shape index (κ1) is 12.9. The van der Waals surface area contributed by atoms with Crippen LogP contribution < -0.4 is 5.73 Å². The first-order valence-electron chi connectivity index (χ1n) is 5.40. The second-order valence-corrected chi connectivity index (χ2v) is 4.81. The Morgan fingerprint density at radius 1 is 1.23 bits per heavy atom. The van der Waals surface area contributed by atoms with Gasteiger partial charge in [-0.15, -0.1) is 0 Å². The van der Waals surface area contributed by atoms with Crippen molar-refractivity contribution in [1.29, 1.82) is 0 Å². The van der Waals surface area contributed by atoms with Crippen LogP contribution in [0.5, 0.6) is 0 Å². The van der Waals surface area contributed by atoms with E-state index >= 15 is 0 Å². The summed E-state index contributed by atoms with van der Waals surface area (Å²) in [4.78, 5) is 2.39. The normalized spacial score (nSPS) is 12.5. The van der Waals surface area contributed by atoms with Crippen molar-refractivity contribution >= 4 is 0 Å². The van der Waals surface area contributed by atoms with Crippen LogP contribution in [0.4, 0.5) is 0 Å². The monoisotopic (exact) mass is 186 g/mol. The molecule has 80 valence electrons. The zero-order valence-corrected chi connectivity index (χ0v) is 9.77. The molecule has 0 aromatic rings. The molecule has 0 aromatic carbocycles. The highest BCUT2D eigenvalue weighted by Gasteiger charge is 2.17. The maximum Gasteiger partial charge on any atom is 0.00417 e. The molecule has 0 saturated carbocycles. The van der Waals surface area contributed by atoms with Crippen LogP contribution in [0.15, 0.2) is 0 Å². The molecule has 0 aromatic heterocycles. The van der Waals surface area contributed by atoms with Crippen molar-refractivity contribution in [2.24, 2.45) is 11.1 Å². The van der Waals surface area contributed by atoms with E-state index in [0.717, 1.165) is 13.1 Å². The molecule has 0 aliphatic carbocycles. The van der Waals surface area contributed by atoms with Crippen molar-refractivity contribution in [1.82, 2.24) is 4.90 Å². The SMILES string of the molecule is CCCCCN(C)CC(C)(C)CN. The van der Waals surface area contributed by atoms with Gasteiger partial charge in [-0.1, -0.05) is 33.6 Å². The molecule has 0 saturated heterocycles. The minimum atomic E-state index is 0.265. The number of hydrogen-bond acceptors (Lipinski definition) is 2. The fourth-order valence-electron chi connectivity index (χ4n) is 1.51. The molecule has 0 atom stereocenters. The highest BCUT2D eigenvalue weighted by Crippen LogP contribution is 2.14. The van der Waals surface area contributed by atoms with E-state index in [1.807, 2.05) is 0 Å². The van der Waals surface area contributed by atoms with Gasteiger partial charge in [-0.3, -0.25) is 0 Å². The third-order valence-electron chi connectivity index (χ3n) is 2.39. The first-order valence-corrected chi connectivity index (χ1v) is 5.40. The molecule has 0 radical (unpaired) electrons.